The molecule has 2 N–H and O–H groups in total. The molecule has 0 aliphatic heterocycles. The molecular weight excluding hydrogens is 279 g/mol. The largest absolute Gasteiger partial charge is 0.356 e. The van der Waals surface area contributed by atoms with Gasteiger partial charge in [-0.25, -0.2) is 4.39 Å². The maximum absolute atomic E-state index is 13.5. The highest BCUT2D eigenvalue weighted by Crippen LogP contribution is 2.36. The van der Waals surface area contributed by atoms with Crippen LogP contribution in [0.3, 0.4) is 0 Å². The molecule has 5 heteroatoms. The number of nitrogens with two attached hydrogens (primary N) is 1. The normalized spacial score (nSPS) is 11.2. The zero-order valence-electron chi connectivity index (χ0n) is 10.6. The smallest absolute Gasteiger partial charge is 0.176 e. The first-order valence-corrected chi connectivity index (χ1v) is 6.60. The summed E-state index contributed by atoms with van der Waals surface area (Å²) in [5.74, 6) is -0.302. The van der Waals surface area contributed by atoms with E-state index in [1.807, 2.05) is 12.1 Å². The molecule has 1 heterocycles. The van der Waals surface area contributed by atoms with E-state index in [-0.39, 0.29) is 5.82 Å². The van der Waals surface area contributed by atoms with E-state index < -0.39 is 0 Å². The second-order valence-corrected chi connectivity index (χ2v) is 4.92. The summed E-state index contributed by atoms with van der Waals surface area (Å²) in [6.45, 7) is 0.471. The molecule has 0 radical (unpaired) electrons. The summed E-state index contributed by atoms with van der Waals surface area (Å²) in [5.41, 5.74) is 8.66. The van der Waals surface area contributed by atoms with Gasteiger partial charge in [0.1, 0.15) is 5.82 Å². The van der Waals surface area contributed by atoms with Crippen molar-refractivity contribution in [3.8, 4) is 11.1 Å². The molecule has 0 fully saturated rings. The maximum atomic E-state index is 13.5. The lowest BCUT2D eigenvalue weighted by Gasteiger charge is -2.10. The van der Waals surface area contributed by atoms with E-state index in [0.29, 0.717) is 29.0 Å². The minimum absolute atomic E-state index is 0.302. The van der Waals surface area contributed by atoms with Gasteiger partial charge < -0.3 is 10.3 Å². The van der Waals surface area contributed by atoms with E-state index in [9.17, 15) is 4.39 Å². The van der Waals surface area contributed by atoms with Crippen molar-refractivity contribution in [2.75, 3.05) is 6.54 Å². The Labute approximate surface area is 120 Å². The Bertz CT molecular complexity index is 770. The van der Waals surface area contributed by atoms with Gasteiger partial charge in [-0.3, -0.25) is 0 Å². The number of aromatic nitrogens is 1. The number of nitrogens with zero attached hydrogens (tertiary/aromatic N) is 1. The van der Waals surface area contributed by atoms with Crippen molar-refractivity contribution >= 4 is 22.6 Å². The molecule has 3 nitrogen and oxygen atoms in total. The van der Waals surface area contributed by atoms with Crippen LogP contribution in [0.5, 0.6) is 0 Å². The second kappa shape index (κ2) is 5.23. The van der Waals surface area contributed by atoms with Crippen LogP contribution in [-0.2, 0) is 6.42 Å². The number of hydrogen-bond acceptors (Lipinski definition) is 3. The van der Waals surface area contributed by atoms with Crippen LogP contribution in [0.2, 0.25) is 5.02 Å². The van der Waals surface area contributed by atoms with Crippen LogP contribution in [0.1, 0.15) is 5.56 Å². The number of rotatable bonds is 3. The molecule has 0 atom stereocenters. The Morgan fingerprint density at radius 3 is 2.90 bits per heavy atom. The lowest BCUT2D eigenvalue weighted by atomic mass is 9.95. The highest BCUT2D eigenvalue weighted by Gasteiger charge is 2.16. The molecule has 0 aliphatic carbocycles. The van der Waals surface area contributed by atoms with E-state index in [1.165, 1.54) is 12.1 Å². The van der Waals surface area contributed by atoms with Gasteiger partial charge in [-0.05, 0) is 42.3 Å². The molecule has 2 aromatic carbocycles. The van der Waals surface area contributed by atoms with Crippen molar-refractivity contribution in [2.45, 2.75) is 6.42 Å². The number of hydrogen-bond donors (Lipinski definition) is 1. The molecule has 0 spiro atoms. The van der Waals surface area contributed by atoms with Crippen LogP contribution in [0.15, 0.2) is 41.1 Å². The summed E-state index contributed by atoms with van der Waals surface area (Å²) >= 11 is 6.22. The molecule has 3 aromatic rings. The fourth-order valence-electron chi connectivity index (χ4n) is 2.35. The average Bonchev–Trinajstić information content (AvgIpc) is 2.89. The Hall–Kier alpha value is -1.91. The number of benzene rings is 2. The fraction of sp³-hybridized carbons (Fsp3) is 0.133. The van der Waals surface area contributed by atoms with Gasteiger partial charge in [0.2, 0.25) is 0 Å². The van der Waals surface area contributed by atoms with Gasteiger partial charge in [-0.15, -0.1) is 0 Å². The van der Waals surface area contributed by atoms with Crippen LogP contribution in [0, 0.1) is 5.82 Å². The molecule has 0 amide bonds. The van der Waals surface area contributed by atoms with Gasteiger partial charge >= 0.3 is 0 Å². The average molecular weight is 291 g/mol. The Kier molecular flexibility index (Phi) is 3.42. The van der Waals surface area contributed by atoms with E-state index >= 15 is 0 Å². The molecule has 3 rings (SSSR count). The lowest BCUT2D eigenvalue weighted by Crippen LogP contribution is -2.04. The second-order valence-electron chi connectivity index (χ2n) is 4.51. The number of fused-ring (bicyclic) bond motifs is 1. The van der Waals surface area contributed by atoms with Crippen LogP contribution >= 0.6 is 11.6 Å². The summed E-state index contributed by atoms with van der Waals surface area (Å²) in [6.07, 6.45) is 2.19. The van der Waals surface area contributed by atoms with Crippen LogP contribution < -0.4 is 5.73 Å². The minimum atomic E-state index is -0.302. The van der Waals surface area contributed by atoms with Gasteiger partial charge in [0.15, 0.2) is 5.58 Å². The third-order valence-corrected chi connectivity index (χ3v) is 3.52. The SMILES string of the molecule is NCCc1cc(Cl)c2cnoc2c1-c1cccc(F)c1. The molecule has 0 saturated carbocycles. The third-order valence-electron chi connectivity index (χ3n) is 3.20. The topological polar surface area (TPSA) is 52.0 Å². The summed E-state index contributed by atoms with van der Waals surface area (Å²) in [4.78, 5) is 0. The van der Waals surface area contributed by atoms with Crippen molar-refractivity contribution in [1.29, 1.82) is 0 Å². The molecule has 0 bridgehead atoms. The summed E-state index contributed by atoms with van der Waals surface area (Å²) in [5, 5.41) is 5.06. The van der Waals surface area contributed by atoms with Crippen molar-refractivity contribution < 1.29 is 8.91 Å². The minimum Gasteiger partial charge on any atom is -0.356 e. The Balaban J connectivity index is 2.34. The Morgan fingerprint density at radius 2 is 2.15 bits per heavy atom. The summed E-state index contributed by atoms with van der Waals surface area (Å²) in [6, 6.07) is 8.20. The van der Waals surface area contributed by atoms with E-state index in [2.05, 4.69) is 5.16 Å². The van der Waals surface area contributed by atoms with Crippen molar-refractivity contribution in [2.24, 2.45) is 5.73 Å². The lowest BCUT2D eigenvalue weighted by molar-refractivity contribution is 0.457. The molecule has 1 aromatic heterocycles. The highest BCUT2D eigenvalue weighted by atomic mass is 35.5. The first-order chi connectivity index (χ1) is 9.70. The van der Waals surface area contributed by atoms with Crippen molar-refractivity contribution in [3.63, 3.8) is 0 Å². The zero-order chi connectivity index (χ0) is 14.1. The van der Waals surface area contributed by atoms with Gasteiger partial charge in [0.05, 0.1) is 16.6 Å². The summed E-state index contributed by atoms with van der Waals surface area (Å²) in [7, 11) is 0. The number of halogens is 2. The quantitative estimate of drug-likeness (QED) is 0.798. The monoisotopic (exact) mass is 290 g/mol. The molecule has 0 unspecified atom stereocenters. The van der Waals surface area contributed by atoms with E-state index in [4.69, 9.17) is 21.9 Å². The molecule has 0 saturated heterocycles. The maximum Gasteiger partial charge on any atom is 0.176 e. The van der Waals surface area contributed by atoms with Gasteiger partial charge in [0.25, 0.3) is 0 Å². The highest BCUT2D eigenvalue weighted by molar-refractivity contribution is 6.35. The summed E-state index contributed by atoms with van der Waals surface area (Å²) < 4.78 is 18.8. The van der Waals surface area contributed by atoms with Gasteiger partial charge in [-0.1, -0.05) is 28.9 Å². The van der Waals surface area contributed by atoms with E-state index in [1.54, 1.807) is 12.3 Å². The van der Waals surface area contributed by atoms with Gasteiger partial charge in [-0.2, -0.15) is 0 Å². The van der Waals surface area contributed by atoms with Crippen molar-refractivity contribution in [1.82, 2.24) is 5.16 Å². The van der Waals surface area contributed by atoms with Crippen molar-refractivity contribution in [3.05, 3.63) is 52.9 Å². The van der Waals surface area contributed by atoms with Crippen LogP contribution in [0.25, 0.3) is 22.1 Å². The molecule has 102 valence electrons. The first-order valence-electron chi connectivity index (χ1n) is 6.22. The van der Waals surface area contributed by atoms with Crippen LogP contribution in [-0.4, -0.2) is 11.7 Å². The standard InChI is InChI=1S/C15H12ClFN2O/c16-13-7-10(4-5-18)14(15-12(13)8-19-20-15)9-2-1-3-11(17)6-9/h1-3,6-8H,4-5,18H2. The third kappa shape index (κ3) is 2.17. The predicted octanol–water partition coefficient (Wildman–Crippen LogP) is 3.79. The predicted molar refractivity (Wildman–Crippen MR) is 77.2 cm³/mol. The fourth-order valence-corrected chi connectivity index (χ4v) is 2.62. The zero-order valence-corrected chi connectivity index (χ0v) is 11.3. The molecule has 20 heavy (non-hydrogen) atoms. The van der Waals surface area contributed by atoms with E-state index in [0.717, 1.165) is 16.7 Å². The van der Waals surface area contributed by atoms with Crippen LogP contribution in [0.4, 0.5) is 4.39 Å². The Morgan fingerprint density at radius 1 is 1.30 bits per heavy atom. The first kappa shape index (κ1) is 13.1. The molecule has 0 aliphatic rings. The molecular formula is C15H12ClFN2O. The van der Waals surface area contributed by atoms with Gasteiger partial charge in [0, 0.05) is 5.56 Å².